The van der Waals surface area contributed by atoms with Gasteiger partial charge >= 0.3 is 0 Å². The quantitative estimate of drug-likeness (QED) is 0.760. The molecule has 0 aromatic carbocycles. The molecule has 0 saturated carbocycles. The number of amides is 1. The van der Waals surface area contributed by atoms with Crippen molar-refractivity contribution in [1.29, 1.82) is 0 Å². The molecule has 1 saturated heterocycles. The molecule has 0 spiro atoms. The Bertz CT molecular complexity index is 252. The number of hydrogen-bond donors (Lipinski definition) is 1. The molecule has 4 nitrogen and oxygen atoms in total. The molecule has 0 aromatic rings. The van der Waals surface area contributed by atoms with Crippen LogP contribution in [0.1, 0.15) is 19.8 Å². The van der Waals surface area contributed by atoms with Gasteiger partial charge in [0.1, 0.15) is 0 Å². The maximum Gasteiger partial charge on any atom is 0.255 e. The number of halogens is 2. The Balaban J connectivity index is 2.62. The number of hydrogen-bond acceptors (Lipinski definition) is 3. The minimum Gasteiger partial charge on any atom is -0.377 e. The summed E-state index contributed by atoms with van der Waals surface area (Å²) >= 11 is 0. The number of rotatable bonds is 6. The Kier molecular flexibility index (Phi) is 5.77. The Morgan fingerprint density at radius 3 is 2.82 bits per heavy atom. The van der Waals surface area contributed by atoms with Crippen LogP contribution in [0.5, 0.6) is 0 Å². The summed E-state index contributed by atoms with van der Waals surface area (Å²) in [5.74, 6) is -0.537. The van der Waals surface area contributed by atoms with Crippen LogP contribution in [-0.4, -0.2) is 49.6 Å². The molecule has 17 heavy (non-hydrogen) atoms. The van der Waals surface area contributed by atoms with E-state index in [1.54, 1.807) is 0 Å². The van der Waals surface area contributed by atoms with Gasteiger partial charge in [0.05, 0.1) is 18.6 Å². The third-order valence-electron chi connectivity index (χ3n) is 3.00. The zero-order valence-corrected chi connectivity index (χ0v) is 10.1. The maximum absolute atomic E-state index is 12.4. The Morgan fingerprint density at radius 1 is 1.59 bits per heavy atom. The molecule has 1 rings (SSSR count). The molecule has 6 heteroatoms. The lowest BCUT2D eigenvalue weighted by Crippen LogP contribution is -2.44. The summed E-state index contributed by atoms with van der Waals surface area (Å²) in [6.45, 7) is 2.29. The second-order valence-electron chi connectivity index (χ2n) is 4.18. The van der Waals surface area contributed by atoms with Crippen molar-refractivity contribution in [3.8, 4) is 0 Å². The van der Waals surface area contributed by atoms with Crippen LogP contribution in [0, 0.1) is 5.92 Å². The van der Waals surface area contributed by atoms with Crippen molar-refractivity contribution in [2.24, 2.45) is 11.7 Å². The average molecular weight is 250 g/mol. The lowest BCUT2D eigenvalue weighted by molar-refractivity contribution is -0.139. The van der Waals surface area contributed by atoms with Gasteiger partial charge in [0.15, 0.2) is 0 Å². The Morgan fingerprint density at radius 2 is 2.29 bits per heavy atom. The monoisotopic (exact) mass is 250 g/mol. The molecule has 1 fully saturated rings. The molecule has 0 radical (unpaired) electrons. The number of carbonyl (C=O) groups is 1. The van der Waals surface area contributed by atoms with Crippen molar-refractivity contribution < 1.29 is 18.3 Å². The van der Waals surface area contributed by atoms with Gasteiger partial charge in [0, 0.05) is 19.7 Å². The average Bonchev–Trinajstić information content (AvgIpc) is 2.74. The first-order valence-corrected chi connectivity index (χ1v) is 5.98. The van der Waals surface area contributed by atoms with E-state index in [2.05, 4.69) is 0 Å². The first kappa shape index (κ1) is 14.3. The van der Waals surface area contributed by atoms with Crippen LogP contribution >= 0.6 is 0 Å². The van der Waals surface area contributed by atoms with Gasteiger partial charge in [-0.15, -0.1) is 0 Å². The fraction of sp³-hybridized carbons (Fsp3) is 0.909. The predicted molar refractivity (Wildman–Crippen MR) is 59.8 cm³/mol. The van der Waals surface area contributed by atoms with Gasteiger partial charge < -0.3 is 15.4 Å². The molecule has 1 heterocycles. The standard InChI is InChI=1S/C11H20F2N2O2/c1-2-9-8(3-6-17-9)11(16)15(5-4-14)7-10(12)13/h8-10H,2-7,14H2,1H3. The van der Waals surface area contributed by atoms with E-state index >= 15 is 0 Å². The second kappa shape index (κ2) is 6.86. The molecular weight excluding hydrogens is 230 g/mol. The molecule has 1 aliphatic heterocycles. The molecule has 100 valence electrons. The van der Waals surface area contributed by atoms with E-state index in [1.165, 1.54) is 0 Å². The van der Waals surface area contributed by atoms with Crippen molar-refractivity contribution in [3.05, 3.63) is 0 Å². The highest BCUT2D eigenvalue weighted by molar-refractivity contribution is 5.79. The normalized spacial score (nSPS) is 24.3. The molecule has 2 atom stereocenters. The third-order valence-corrected chi connectivity index (χ3v) is 3.00. The summed E-state index contributed by atoms with van der Waals surface area (Å²) in [5.41, 5.74) is 5.34. The van der Waals surface area contributed by atoms with Crippen molar-refractivity contribution in [2.75, 3.05) is 26.2 Å². The summed E-state index contributed by atoms with van der Waals surface area (Å²) in [6.07, 6.45) is -1.32. The highest BCUT2D eigenvalue weighted by Gasteiger charge is 2.35. The zero-order valence-electron chi connectivity index (χ0n) is 10.1. The largest absolute Gasteiger partial charge is 0.377 e. The molecule has 1 amide bonds. The van der Waals surface area contributed by atoms with Crippen LogP contribution in [0.3, 0.4) is 0 Å². The van der Waals surface area contributed by atoms with E-state index in [-0.39, 0.29) is 31.0 Å². The molecular formula is C11H20F2N2O2. The number of carbonyl (C=O) groups excluding carboxylic acids is 1. The van der Waals surface area contributed by atoms with Crippen LogP contribution in [0.15, 0.2) is 0 Å². The van der Waals surface area contributed by atoms with E-state index in [0.717, 1.165) is 11.3 Å². The van der Waals surface area contributed by atoms with E-state index in [4.69, 9.17) is 10.5 Å². The third kappa shape index (κ3) is 3.89. The lowest BCUT2D eigenvalue weighted by Gasteiger charge is -2.26. The molecule has 1 aliphatic rings. The van der Waals surface area contributed by atoms with Gasteiger partial charge in [0.2, 0.25) is 5.91 Å². The van der Waals surface area contributed by atoms with Gasteiger partial charge in [-0.1, -0.05) is 6.92 Å². The van der Waals surface area contributed by atoms with Crippen LogP contribution in [0.4, 0.5) is 8.78 Å². The minimum atomic E-state index is -2.52. The fourth-order valence-corrected chi connectivity index (χ4v) is 2.18. The fourth-order valence-electron chi connectivity index (χ4n) is 2.18. The molecule has 0 aromatic heterocycles. The molecule has 2 unspecified atom stereocenters. The van der Waals surface area contributed by atoms with Gasteiger partial charge in [-0.05, 0) is 12.8 Å². The van der Waals surface area contributed by atoms with Crippen LogP contribution < -0.4 is 5.73 Å². The van der Waals surface area contributed by atoms with E-state index in [1.807, 2.05) is 6.92 Å². The van der Waals surface area contributed by atoms with E-state index < -0.39 is 13.0 Å². The Labute approximate surface area is 100 Å². The van der Waals surface area contributed by atoms with Gasteiger partial charge in [-0.25, -0.2) is 8.78 Å². The number of nitrogens with two attached hydrogens (primary N) is 1. The maximum atomic E-state index is 12.4. The summed E-state index contributed by atoms with van der Waals surface area (Å²) in [4.78, 5) is 13.3. The first-order chi connectivity index (χ1) is 8.10. The van der Waals surface area contributed by atoms with Crippen molar-refractivity contribution >= 4 is 5.91 Å². The smallest absolute Gasteiger partial charge is 0.255 e. The van der Waals surface area contributed by atoms with E-state index in [9.17, 15) is 13.6 Å². The SMILES string of the molecule is CCC1OCCC1C(=O)N(CCN)CC(F)F. The number of alkyl halides is 2. The number of ether oxygens (including phenoxy) is 1. The Hall–Kier alpha value is -0.750. The van der Waals surface area contributed by atoms with Crippen LogP contribution in [-0.2, 0) is 9.53 Å². The van der Waals surface area contributed by atoms with Crippen molar-refractivity contribution in [1.82, 2.24) is 4.90 Å². The van der Waals surface area contributed by atoms with Gasteiger partial charge in [-0.3, -0.25) is 4.79 Å². The van der Waals surface area contributed by atoms with Crippen molar-refractivity contribution in [3.63, 3.8) is 0 Å². The topological polar surface area (TPSA) is 55.6 Å². The molecule has 0 aliphatic carbocycles. The zero-order chi connectivity index (χ0) is 12.8. The van der Waals surface area contributed by atoms with Crippen LogP contribution in [0.2, 0.25) is 0 Å². The summed E-state index contributed by atoms with van der Waals surface area (Å²) < 4.78 is 30.1. The number of nitrogens with zero attached hydrogens (tertiary/aromatic N) is 1. The molecule has 0 bridgehead atoms. The minimum absolute atomic E-state index is 0.138. The highest BCUT2D eigenvalue weighted by Crippen LogP contribution is 2.25. The summed E-state index contributed by atoms with van der Waals surface area (Å²) in [7, 11) is 0. The van der Waals surface area contributed by atoms with Gasteiger partial charge in [0.25, 0.3) is 6.43 Å². The van der Waals surface area contributed by atoms with E-state index in [0.29, 0.717) is 13.0 Å². The van der Waals surface area contributed by atoms with Crippen molar-refractivity contribution in [2.45, 2.75) is 32.3 Å². The second-order valence-corrected chi connectivity index (χ2v) is 4.18. The lowest BCUT2D eigenvalue weighted by atomic mass is 9.98. The molecule has 2 N–H and O–H groups in total. The van der Waals surface area contributed by atoms with Gasteiger partial charge in [-0.2, -0.15) is 0 Å². The predicted octanol–water partition coefficient (Wildman–Crippen LogP) is 0.854. The first-order valence-electron chi connectivity index (χ1n) is 5.98. The highest BCUT2D eigenvalue weighted by atomic mass is 19.3. The van der Waals surface area contributed by atoms with Crippen LogP contribution in [0.25, 0.3) is 0 Å². The summed E-state index contributed by atoms with van der Waals surface area (Å²) in [5, 5.41) is 0. The summed E-state index contributed by atoms with van der Waals surface area (Å²) in [6, 6.07) is 0.